The lowest BCUT2D eigenvalue weighted by atomic mass is 10.00. The number of fused-ring (bicyclic) bond motifs is 2. The lowest BCUT2D eigenvalue weighted by Crippen LogP contribution is -2.57. The predicted molar refractivity (Wildman–Crippen MR) is 132 cm³/mol. The van der Waals surface area contributed by atoms with E-state index < -0.39 is 0 Å². The number of hydrogen-bond acceptors (Lipinski definition) is 7. The van der Waals surface area contributed by atoms with E-state index in [1.54, 1.807) is 41.0 Å². The van der Waals surface area contributed by atoms with Gasteiger partial charge in [-0.05, 0) is 38.5 Å². The van der Waals surface area contributed by atoms with Gasteiger partial charge in [0.1, 0.15) is 12.1 Å². The summed E-state index contributed by atoms with van der Waals surface area (Å²) in [5.41, 5.74) is 5.27. The zero-order chi connectivity index (χ0) is 24.0. The number of piperazine rings is 1. The quantitative estimate of drug-likeness (QED) is 0.466. The van der Waals surface area contributed by atoms with E-state index in [9.17, 15) is 4.79 Å². The van der Waals surface area contributed by atoms with Gasteiger partial charge in [-0.25, -0.2) is 0 Å². The fourth-order valence-electron chi connectivity index (χ4n) is 5.07. The Labute approximate surface area is 197 Å². The third kappa shape index (κ3) is 3.70. The first-order valence-corrected chi connectivity index (χ1v) is 11.5. The van der Waals surface area contributed by atoms with Crippen LogP contribution in [0, 0.1) is 11.3 Å². The molecule has 3 aromatic heterocycles. The molecule has 1 saturated heterocycles. The Morgan fingerprint density at radius 2 is 1.88 bits per heavy atom. The minimum Gasteiger partial charge on any atom is -0.364 e. The molecule has 0 spiro atoms. The topological polar surface area (TPSA) is 95.9 Å². The van der Waals surface area contributed by atoms with Crippen LogP contribution in [0.1, 0.15) is 32.4 Å². The van der Waals surface area contributed by atoms with Crippen molar-refractivity contribution in [3.05, 3.63) is 58.8 Å². The molecule has 1 aliphatic rings. The summed E-state index contributed by atoms with van der Waals surface area (Å²) >= 11 is 0. The largest absolute Gasteiger partial charge is 0.364 e. The number of nitrogens with zero attached hydrogens (tertiary/aromatic N) is 8. The van der Waals surface area contributed by atoms with Crippen molar-refractivity contribution in [1.82, 2.24) is 29.2 Å². The number of benzene rings is 1. The molecule has 174 valence electrons. The van der Waals surface area contributed by atoms with Crippen LogP contribution >= 0.6 is 0 Å². The second-order valence-corrected chi connectivity index (χ2v) is 9.17. The van der Waals surface area contributed by atoms with Gasteiger partial charge in [0.25, 0.3) is 5.56 Å². The Kier molecular flexibility index (Phi) is 5.54. The molecule has 0 amide bonds. The van der Waals surface area contributed by atoms with Crippen LogP contribution in [0.5, 0.6) is 0 Å². The lowest BCUT2D eigenvalue weighted by Gasteiger charge is -2.47. The molecule has 0 radical (unpaired) electrons. The van der Waals surface area contributed by atoms with Crippen molar-refractivity contribution < 1.29 is 0 Å². The summed E-state index contributed by atoms with van der Waals surface area (Å²) in [5.74, 6) is 0. The molecule has 9 nitrogen and oxygen atoms in total. The first kappa shape index (κ1) is 22.0. The fourth-order valence-corrected chi connectivity index (χ4v) is 5.07. The molecular formula is C25H28N8O. The molecule has 3 atom stereocenters. The maximum Gasteiger partial charge on any atom is 0.252 e. The molecule has 1 aliphatic heterocycles. The minimum atomic E-state index is -0.0769. The SMILES string of the molecule is CC(c1ccc2nccnc2c1)N1C[C@H](C)N(c2cc(=O)n(C)c3cn(CC#N)nc23)C[C@H]1C. The summed E-state index contributed by atoms with van der Waals surface area (Å²) in [6, 6.07) is 10.7. The Morgan fingerprint density at radius 1 is 1.12 bits per heavy atom. The molecule has 34 heavy (non-hydrogen) atoms. The van der Waals surface area contributed by atoms with E-state index in [0.29, 0.717) is 0 Å². The average Bonchev–Trinajstić information content (AvgIpc) is 3.26. The Hall–Kier alpha value is -3.77. The van der Waals surface area contributed by atoms with E-state index in [4.69, 9.17) is 5.26 Å². The number of nitriles is 1. The van der Waals surface area contributed by atoms with Crippen LogP contribution in [0.3, 0.4) is 0 Å². The molecule has 5 rings (SSSR count). The second-order valence-electron chi connectivity index (χ2n) is 9.17. The highest BCUT2D eigenvalue weighted by Gasteiger charge is 2.34. The maximum atomic E-state index is 12.7. The van der Waals surface area contributed by atoms with Gasteiger partial charge in [-0.3, -0.25) is 24.3 Å². The van der Waals surface area contributed by atoms with Crippen molar-refractivity contribution in [3.8, 4) is 6.07 Å². The highest BCUT2D eigenvalue weighted by atomic mass is 16.1. The van der Waals surface area contributed by atoms with Gasteiger partial charge < -0.3 is 9.47 Å². The van der Waals surface area contributed by atoms with E-state index in [0.717, 1.165) is 40.8 Å². The Morgan fingerprint density at radius 3 is 2.65 bits per heavy atom. The number of pyridine rings is 1. The number of aromatic nitrogens is 5. The molecule has 9 heteroatoms. The normalized spacial score (nSPS) is 20.0. The minimum absolute atomic E-state index is 0.0769. The summed E-state index contributed by atoms with van der Waals surface area (Å²) in [7, 11) is 1.74. The van der Waals surface area contributed by atoms with Crippen LogP contribution in [-0.4, -0.2) is 54.4 Å². The Bertz CT molecular complexity index is 1470. The maximum absolute atomic E-state index is 12.7. The molecule has 1 aromatic carbocycles. The molecular weight excluding hydrogens is 428 g/mol. The summed E-state index contributed by atoms with van der Waals surface area (Å²) in [6.07, 6.45) is 5.22. The third-order valence-electron chi connectivity index (χ3n) is 6.99. The molecule has 0 bridgehead atoms. The van der Waals surface area contributed by atoms with Gasteiger partial charge >= 0.3 is 0 Å². The first-order valence-electron chi connectivity index (χ1n) is 11.5. The van der Waals surface area contributed by atoms with Crippen LogP contribution in [0.15, 0.2) is 47.7 Å². The summed E-state index contributed by atoms with van der Waals surface area (Å²) in [5, 5.41) is 13.7. The molecule has 4 heterocycles. The highest BCUT2D eigenvalue weighted by molar-refractivity contribution is 5.88. The van der Waals surface area contributed by atoms with Crippen LogP contribution in [0.2, 0.25) is 0 Å². The number of rotatable bonds is 4. The van der Waals surface area contributed by atoms with Crippen molar-refractivity contribution in [2.45, 2.75) is 45.4 Å². The summed E-state index contributed by atoms with van der Waals surface area (Å²) in [6.45, 7) is 8.41. The second kappa shape index (κ2) is 8.54. The van der Waals surface area contributed by atoms with E-state index in [2.05, 4.69) is 63.8 Å². The average molecular weight is 457 g/mol. The van der Waals surface area contributed by atoms with Crippen molar-refractivity contribution in [3.63, 3.8) is 0 Å². The van der Waals surface area contributed by atoms with E-state index in [1.165, 1.54) is 5.56 Å². The molecule has 1 unspecified atom stereocenters. The van der Waals surface area contributed by atoms with Gasteiger partial charge in [0, 0.05) is 56.7 Å². The zero-order valence-corrected chi connectivity index (χ0v) is 19.9. The van der Waals surface area contributed by atoms with Gasteiger partial charge in [-0.15, -0.1) is 0 Å². The van der Waals surface area contributed by atoms with E-state index in [1.807, 2.05) is 6.07 Å². The highest BCUT2D eigenvalue weighted by Crippen LogP contribution is 2.32. The van der Waals surface area contributed by atoms with Crippen molar-refractivity contribution in [2.24, 2.45) is 7.05 Å². The van der Waals surface area contributed by atoms with Crippen LogP contribution in [-0.2, 0) is 13.6 Å². The third-order valence-corrected chi connectivity index (χ3v) is 6.99. The van der Waals surface area contributed by atoms with Gasteiger partial charge in [-0.1, -0.05) is 6.07 Å². The van der Waals surface area contributed by atoms with Crippen LogP contribution in [0.4, 0.5) is 5.69 Å². The molecule has 4 aromatic rings. The van der Waals surface area contributed by atoms with Gasteiger partial charge in [0.15, 0.2) is 0 Å². The first-order chi connectivity index (χ1) is 16.4. The van der Waals surface area contributed by atoms with Crippen LogP contribution < -0.4 is 10.5 Å². The monoisotopic (exact) mass is 456 g/mol. The molecule has 0 saturated carbocycles. The fraction of sp³-hybridized carbons (Fsp3) is 0.400. The van der Waals surface area contributed by atoms with Gasteiger partial charge in [0.2, 0.25) is 0 Å². The van der Waals surface area contributed by atoms with Crippen molar-refractivity contribution in [2.75, 3.05) is 18.0 Å². The van der Waals surface area contributed by atoms with E-state index >= 15 is 0 Å². The summed E-state index contributed by atoms with van der Waals surface area (Å²) < 4.78 is 3.19. The molecule has 1 fully saturated rings. The van der Waals surface area contributed by atoms with Crippen molar-refractivity contribution >= 4 is 27.8 Å². The number of anilines is 1. The molecule has 0 N–H and O–H groups in total. The predicted octanol–water partition coefficient (Wildman–Crippen LogP) is 2.86. The van der Waals surface area contributed by atoms with Crippen molar-refractivity contribution in [1.29, 1.82) is 5.26 Å². The summed E-state index contributed by atoms with van der Waals surface area (Å²) in [4.78, 5) is 26.4. The lowest BCUT2D eigenvalue weighted by molar-refractivity contribution is 0.119. The zero-order valence-electron chi connectivity index (χ0n) is 19.9. The van der Waals surface area contributed by atoms with Crippen LogP contribution in [0.25, 0.3) is 22.1 Å². The molecule has 0 aliphatic carbocycles. The van der Waals surface area contributed by atoms with E-state index in [-0.39, 0.29) is 30.2 Å². The van der Waals surface area contributed by atoms with Gasteiger partial charge in [-0.2, -0.15) is 10.4 Å². The standard InChI is InChI=1S/C25H28N8O/c1-16-14-33(22-12-24(34)30(4)23-15-31(10-7-26)29-25(22)23)17(2)13-32(16)18(3)19-5-6-20-21(11-19)28-9-8-27-20/h5-6,8-9,11-12,15-18H,10,13-14H2,1-4H3/t16-,17+,18?/m1/s1. The Balaban J connectivity index is 1.45. The van der Waals surface area contributed by atoms with Gasteiger partial charge in [0.05, 0.1) is 34.5 Å². The number of hydrogen-bond donors (Lipinski definition) is 0. The smallest absolute Gasteiger partial charge is 0.252 e. The number of aryl methyl sites for hydroxylation is 1.